The number of hydrogen-bond donors (Lipinski definition) is 4. The van der Waals surface area contributed by atoms with Crippen molar-refractivity contribution in [2.45, 2.75) is 11.3 Å². The molecule has 0 unspecified atom stereocenters. The summed E-state index contributed by atoms with van der Waals surface area (Å²) in [6, 6.07) is 10.5. The highest BCUT2D eigenvalue weighted by atomic mass is 32.2. The van der Waals surface area contributed by atoms with Gasteiger partial charge in [0.05, 0.1) is 11.2 Å². The van der Waals surface area contributed by atoms with Gasteiger partial charge in [-0.05, 0) is 30.2 Å². The first-order chi connectivity index (χ1) is 13.2. The molecular weight excluding hydrogens is 382 g/mol. The van der Waals surface area contributed by atoms with Gasteiger partial charge in [-0.15, -0.1) is 6.58 Å². The number of aromatic hydroxyl groups is 1. The summed E-state index contributed by atoms with van der Waals surface area (Å²) >= 11 is 0. The molecule has 0 saturated carbocycles. The second kappa shape index (κ2) is 7.29. The van der Waals surface area contributed by atoms with Gasteiger partial charge in [0.25, 0.3) is 11.5 Å². The molecule has 28 heavy (non-hydrogen) atoms. The number of sulfonamides is 1. The second-order valence-electron chi connectivity index (χ2n) is 6.01. The summed E-state index contributed by atoms with van der Waals surface area (Å²) < 4.78 is 23.4. The summed E-state index contributed by atoms with van der Waals surface area (Å²) in [5.74, 6) is -1.47. The van der Waals surface area contributed by atoms with E-state index in [2.05, 4.69) is 16.9 Å². The molecule has 144 valence electrons. The van der Waals surface area contributed by atoms with Crippen LogP contribution in [0.3, 0.4) is 0 Å². The molecule has 1 heterocycles. The van der Waals surface area contributed by atoms with Gasteiger partial charge in [-0.2, -0.15) is 0 Å². The van der Waals surface area contributed by atoms with Gasteiger partial charge >= 0.3 is 0 Å². The fraction of sp³-hybridized carbons (Fsp3) is 0.0526. The first-order valence-electron chi connectivity index (χ1n) is 8.15. The molecule has 5 N–H and O–H groups in total. The van der Waals surface area contributed by atoms with Crippen molar-refractivity contribution in [1.29, 1.82) is 0 Å². The molecule has 1 amide bonds. The minimum atomic E-state index is -4.10. The minimum Gasteiger partial charge on any atom is -0.506 e. The maximum atomic E-state index is 12.6. The Morgan fingerprint density at radius 1 is 1.21 bits per heavy atom. The third-order valence-electron chi connectivity index (χ3n) is 4.14. The van der Waals surface area contributed by atoms with Crippen LogP contribution < -0.4 is 16.0 Å². The van der Waals surface area contributed by atoms with Crippen LogP contribution in [0.25, 0.3) is 10.9 Å². The molecule has 0 aliphatic heterocycles. The van der Waals surface area contributed by atoms with Gasteiger partial charge in [0.1, 0.15) is 16.2 Å². The van der Waals surface area contributed by atoms with Crippen molar-refractivity contribution in [1.82, 2.24) is 4.98 Å². The number of para-hydroxylation sites is 2. The van der Waals surface area contributed by atoms with Gasteiger partial charge in [0.2, 0.25) is 10.0 Å². The Labute approximate surface area is 160 Å². The number of hydrogen-bond acceptors (Lipinski definition) is 5. The zero-order valence-corrected chi connectivity index (χ0v) is 15.4. The van der Waals surface area contributed by atoms with Crippen LogP contribution in [0.5, 0.6) is 5.75 Å². The lowest BCUT2D eigenvalue weighted by Crippen LogP contribution is -2.25. The van der Waals surface area contributed by atoms with Crippen LogP contribution in [0.15, 0.2) is 64.8 Å². The molecule has 0 radical (unpaired) electrons. The second-order valence-corrected chi connectivity index (χ2v) is 7.54. The van der Waals surface area contributed by atoms with Crippen molar-refractivity contribution >= 4 is 32.5 Å². The number of benzene rings is 2. The number of carbonyl (C=O) groups is 1. The largest absolute Gasteiger partial charge is 0.506 e. The number of aromatic nitrogens is 1. The summed E-state index contributed by atoms with van der Waals surface area (Å²) in [5.41, 5.74) is -0.327. The number of fused-ring (bicyclic) bond motifs is 1. The lowest BCUT2D eigenvalue weighted by molar-refractivity contribution is 0.102. The SMILES string of the molecule is C=CCc1cccc2c(O)c(C(=O)Nc3ccccc3S(N)(=O)=O)c(=O)[nH]c12. The number of allylic oxidation sites excluding steroid dienone is 1. The van der Waals surface area contributed by atoms with Crippen LogP contribution in [0, 0.1) is 0 Å². The highest BCUT2D eigenvalue weighted by Crippen LogP contribution is 2.28. The summed E-state index contributed by atoms with van der Waals surface area (Å²) in [6.45, 7) is 3.65. The number of rotatable bonds is 5. The van der Waals surface area contributed by atoms with Crippen molar-refractivity contribution in [3.05, 3.63) is 76.6 Å². The van der Waals surface area contributed by atoms with Gasteiger partial charge in [0, 0.05) is 5.39 Å². The van der Waals surface area contributed by atoms with Gasteiger partial charge < -0.3 is 15.4 Å². The van der Waals surface area contributed by atoms with E-state index in [4.69, 9.17) is 5.14 Å². The monoisotopic (exact) mass is 399 g/mol. The molecule has 8 nitrogen and oxygen atoms in total. The van der Waals surface area contributed by atoms with Gasteiger partial charge in [0.15, 0.2) is 0 Å². The van der Waals surface area contributed by atoms with E-state index in [1.807, 2.05) is 0 Å². The van der Waals surface area contributed by atoms with Crippen molar-refractivity contribution in [3.63, 3.8) is 0 Å². The van der Waals surface area contributed by atoms with E-state index in [1.54, 1.807) is 24.3 Å². The van der Waals surface area contributed by atoms with Gasteiger partial charge in [-0.3, -0.25) is 9.59 Å². The third-order valence-corrected chi connectivity index (χ3v) is 5.11. The molecule has 3 rings (SSSR count). The fourth-order valence-electron chi connectivity index (χ4n) is 2.90. The van der Waals surface area contributed by atoms with Gasteiger partial charge in [-0.1, -0.05) is 30.3 Å². The highest BCUT2D eigenvalue weighted by molar-refractivity contribution is 7.89. The van der Waals surface area contributed by atoms with Crippen molar-refractivity contribution in [2.24, 2.45) is 5.14 Å². The maximum absolute atomic E-state index is 12.6. The van der Waals surface area contributed by atoms with Crippen LogP contribution in [0.1, 0.15) is 15.9 Å². The number of H-pyrrole nitrogens is 1. The predicted molar refractivity (Wildman–Crippen MR) is 106 cm³/mol. The van der Waals surface area contributed by atoms with Crippen LogP contribution >= 0.6 is 0 Å². The van der Waals surface area contributed by atoms with Crippen molar-refractivity contribution < 1.29 is 18.3 Å². The molecular formula is C19H17N3O5S. The number of nitrogens with two attached hydrogens (primary N) is 1. The lowest BCUT2D eigenvalue weighted by Gasteiger charge is -2.12. The predicted octanol–water partition coefficient (Wildman–Crippen LogP) is 1.86. The minimum absolute atomic E-state index is 0.102. The standard InChI is InChI=1S/C19H17N3O5S/c1-2-6-11-7-5-8-12-16(11)22-19(25)15(17(12)23)18(24)21-13-9-3-4-10-14(13)28(20,26)27/h2-5,7-10H,1,6H2,(H,21,24)(H2,20,26,27)(H2,22,23,25). The lowest BCUT2D eigenvalue weighted by atomic mass is 10.0. The molecule has 0 spiro atoms. The topological polar surface area (TPSA) is 142 Å². The Balaban J connectivity index is 2.12. The first kappa shape index (κ1) is 19.3. The van der Waals surface area contributed by atoms with Gasteiger partial charge in [-0.25, -0.2) is 13.6 Å². The average molecular weight is 399 g/mol. The molecule has 0 bridgehead atoms. The number of anilines is 1. The molecule has 9 heteroatoms. The molecule has 0 atom stereocenters. The maximum Gasteiger partial charge on any atom is 0.265 e. The fourth-order valence-corrected chi connectivity index (χ4v) is 3.60. The molecule has 3 aromatic rings. The van der Waals surface area contributed by atoms with Crippen molar-refractivity contribution in [3.8, 4) is 5.75 Å². The summed E-state index contributed by atoms with van der Waals surface area (Å²) in [7, 11) is -4.10. The van der Waals surface area contributed by atoms with E-state index in [-0.39, 0.29) is 16.0 Å². The third kappa shape index (κ3) is 3.53. The van der Waals surface area contributed by atoms with E-state index in [1.165, 1.54) is 24.3 Å². The van der Waals surface area contributed by atoms with Crippen LogP contribution in [0.2, 0.25) is 0 Å². The number of primary sulfonamides is 1. The Morgan fingerprint density at radius 2 is 1.93 bits per heavy atom. The van der Waals surface area contributed by atoms with Crippen molar-refractivity contribution in [2.75, 3.05) is 5.32 Å². The molecule has 2 aromatic carbocycles. The Morgan fingerprint density at radius 3 is 2.61 bits per heavy atom. The van der Waals surface area contributed by atoms with Crippen LogP contribution in [-0.4, -0.2) is 24.4 Å². The Bertz CT molecular complexity index is 1260. The number of nitrogens with one attached hydrogen (secondary N) is 2. The normalized spacial score (nSPS) is 11.3. The Kier molecular flexibility index (Phi) is 5.04. The quantitative estimate of drug-likeness (QED) is 0.484. The number of carbonyl (C=O) groups excluding carboxylic acids is 1. The van der Waals surface area contributed by atoms with E-state index in [9.17, 15) is 23.1 Å². The molecule has 0 aliphatic carbocycles. The van der Waals surface area contributed by atoms with E-state index >= 15 is 0 Å². The van der Waals surface area contributed by atoms with E-state index < -0.39 is 32.8 Å². The summed E-state index contributed by atoms with van der Waals surface area (Å²) in [5, 5.41) is 18.3. The van der Waals surface area contributed by atoms with E-state index in [0.717, 1.165) is 5.56 Å². The number of aromatic amines is 1. The molecule has 0 fully saturated rings. The first-order valence-corrected chi connectivity index (χ1v) is 9.69. The average Bonchev–Trinajstić information content (AvgIpc) is 2.62. The zero-order chi connectivity index (χ0) is 20.5. The van der Waals surface area contributed by atoms with Crippen LogP contribution in [-0.2, 0) is 16.4 Å². The smallest absolute Gasteiger partial charge is 0.265 e. The summed E-state index contributed by atoms with van der Waals surface area (Å²) in [6.07, 6.45) is 2.11. The van der Waals surface area contributed by atoms with Crippen LogP contribution in [0.4, 0.5) is 5.69 Å². The number of pyridine rings is 1. The van der Waals surface area contributed by atoms with E-state index in [0.29, 0.717) is 11.9 Å². The summed E-state index contributed by atoms with van der Waals surface area (Å²) in [4.78, 5) is 27.4. The number of amides is 1. The highest BCUT2D eigenvalue weighted by Gasteiger charge is 2.22. The molecule has 0 saturated heterocycles. The Hall–Kier alpha value is -3.43. The molecule has 1 aromatic heterocycles. The molecule has 0 aliphatic rings. The zero-order valence-electron chi connectivity index (χ0n) is 14.6.